The summed E-state index contributed by atoms with van der Waals surface area (Å²) in [6.07, 6.45) is 0. The summed E-state index contributed by atoms with van der Waals surface area (Å²) < 4.78 is 0. The molecule has 0 saturated heterocycles. The number of hydrogen-bond acceptors (Lipinski definition) is 1. The van der Waals surface area contributed by atoms with Gasteiger partial charge in [0.2, 0.25) is 0 Å². The second-order valence-corrected chi connectivity index (χ2v) is 3.08. The molecule has 0 aliphatic carbocycles. The lowest BCUT2D eigenvalue weighted by Crippen LogP contribution is -2.23. The average Bonchev–Trinajstić information content (AvgIpc) is 2.15. The highest BCUT2D eigenvalue weighted by molar-refractivity contribution is 5.75. The average molecular weight is 177 g/mol. The number of nitrogens with two attached hydrogens (primary N) is 2. The minimum Gasteiger partial charge on any atom is -0.370 e. The first-order valence-corrected chi connectivity index (χ1v) is 4.30. The minimum absolute atomic E-state index is 0.155. The molecule has 0 unspecified atom stereocenters. The van der Waals surface area contributed by atoms with E-state index >= 15 is 0 Å². The van der Waals surface area contributed by atoms with E-state index in [0.29, 0.717) is 12.5 Å². The minimum atomic E-state index is 0.155. The van der Waals surface area contributed by atoms with E-state index in [9.17, 15) is 0 Å². The van der Waals surface area contributed by atoms with Crippen molar-refractivity contribution in [1.29, 1.82) is 0 Å². The fourth-order valence-corrected chi connectivity index (χ4v) is 1.13. The summed E-state index contributed by atoms with van der Waals surface area (Å²) in [5.41, 5.74) is 11.8. The Morgan fingerprint density at radius 2 is 1.92 bits per heavy atom. The summed E-state index contributed by atoms with van der Waals surface area (Å²) >= 11 is 0. The molecule has 3 heteroatoms. The predicted molar refractivity (Wildman–Crippen MR) is 55.5 cm³/mol. The smallest absolute Gasteiger partial charge is 0.185 e. The van der Waals surface area contributed by atoms with Crippen LogP contribution in [-0.2, 0) is 0 Å². The first-order valence-electron chi connectivity index (χ1n) is 4.30. The van der Waals surface area contributed by atoms with Gasteiger partial charge in [-0.1, -0.05) is 37.3 Å². The Labute approximate surface area is 78.5 Å². The SMILES string of the molecule is C[C@@H](CN=C(N)N)c1ccccc1. The van der Waals surface area contributed by atoms with Crippen LogP contribution in [0.3, 0.4) is 0 Å². The molecule has 0 bridgehead atoms. The molecule has 3 nitrogen and oxygen atoms in total. The Kier molecular flexibility index (Phi) is 3.31. The molecule has 0 aliphatic heterocycles. The zero-order chi connectivity index (χ0) is 9.68. The molecule has 70 valence electrons. The molecule has 0 heterocycles. The fraction of sp³-hybridized carbons (Fsp3) is 0.300. The van der Waals surface area contributed by atoms with E-state index in [1.807, 2.05) is 18.2 Å². The molecule has 1 aromatic carbocycles. The van der Waals surface area contributed by atoms with Gasteiger partial charge in [0.25, 0.3) is 0 Å². The van der Waals surface area contributed by atoms with E-state index in [1.54, 1.807) is 0 Å². The van der Waals surface area contributed by atoms with E-state index in [-0.39, 0.29) is 5.96 Å². The number of hydrogen-bond donors (Lipinski definition) is 2. The number of benzene rings is 1. The van der Waals surface area contributed by atoms with Crippen LogP contribution in [0.15, 0.2) is 35.3 Å². The lowest BCUT2D eigenvalue weighted by atomic mass is 10.0. The van der Waals surface area contributed by atoms with Crippen LogP contribution in [0.5, 0.6) is 0 Å². The fourth-order valence-electron chi connectivity index (χ4n) is 1.13. The van der Waals surface area contributed by atoms with Gasteiger partial charge in [0.05, 0.1) is 0 Å². The van der Waals surface area contributed by atoms with Crippen molar-refractivity contribution in [3.63, 3.8) is 0 Å². The van der Waals surface area contributed by atoms with Crippen LogP contribution in [0.4, 0.5) is 0 Å². The Morgan fingerprint density at radius 1 is 1.31 bits per heavy atom. The molecule has 0 amide bonds. The van der Waals surface area contributed by atoms with Crippen molar-refractivity contribution >= 4 is 5.96 Å². The van der Waals surface area contributed by atoms with Gasteiger partial charge in [0.15, 0.2) is 5.96 Å². The standard InChI is InChI=1S/C10H15N3/c1-8(7-13-10(11)12)9-5-3-2-4-6-9/h2-6,8H,7H2,1H3,(H4,11,12,13)/t8-/m0/s1. The third kappa shape index (κ3) is 3.15. The van der Waals surface area contributed by atoms with E-state index in [2.05, 4.69) is 24.0 Å². The third-order valence-corrected chi connectivity index (χ3v) is 1.92. The van der Waals surface area contributed by atoms with Crippen molar-refractivity contribution in [2.24, 2.45) is 16.5 Å². The first kappa shape index (κ1) is 9.58. The van der Waals surface area contributed by atoms with Gasteiger partial charge in [0, 0.05) is 12.5 Å². The highest BCUT2D eigenvalue weighted by Gasteiger charge is 2.02. The zero-order valence-corrected chi connectivity index (χ0v) is 7.77. The molecular formula is C10H15N3. The summed E-state index contributed by atoms with van der Waals surface area (Å²) in [7, 11) is 0. The summed E-state index contributed by atoms with van der Waals surface area (Å²) in [6.45, 7) is 2.74. The Balaban J connectivity index is 2.59. The van der Waals surface area contributed by atoms with Crippen molar-refractivity contribution in [3.8, 4) is 0 Å². The first-order chi connectivity index (χ1) is 6.20. The van der Waals surface area contributed by atoms with Crippen LogP contribution in [0.1, 0.15) is 18.4 Å². The summed E-state index contributed by atoms with van der Waals surface area (Å²) in [5.74, 6) is 0.520. The summed E-state index contributed by atoms with van der Waals surface area (Å²) in [4.78, 5) is 3.97. The van der Waals surface area contributed by atoms with Crippen molar-refractivity contribution in [1.82, 2.24) is 0 Å². The van der Waals surface area contributed by atoms with Crippen molar-refractivity contribution in [2.45, 2.75) is 12.8 Å². The lowest BCUT2D eigenvalue weighted by molar-refractivity contribution is 0.773. The van der Waals surface area contributed by atoms with Crippen LogP contribution >= 0.6 is 0 Å². The van der Waals surface area contributed by atoms with Crippen LogP contribution in [0.2, 0.25) is 0 Å². The topological polar surface area (TPSA) is 64.4 Å². The quantitative estimate of drug-likeness (QED) is 0.535. The van der Waals surface area contributed by atoms with E-state index in [0.717, 1.165) is 0 Å². The zero-order valence-electron chi connectivity index (χ0n) is 7.77. The second-order valence-electron chi connectivity index (χ2n) is 3.08. The molecule has 0 saturated carbocycles. The summed E-state index contributed by atoms with van der Waals surface area (Å²) in [6, 6.07) is 10.2. The lowest BCUT2D eigenvalue weighted by Gasteiger charge is -2.07. The van der Waals surface area contributed by atoms with Crippen molar-refractivity contribution in [3.05, 3.63) is 35.9 Å². The number of rotatable bonds is 3. The highest BCUT2D eigenvalue weighted by atomic mass is 15.0. The molecule has 1 rings (SSSR count). The molecule has 1 aromatic rings. The van der Waals surface area contributed by atoms with Gasteiger partial charge < -0.3 is 11.5 Å². The second kappa shape index (κ2) is 4.50. The van der Waals surface area contributed by atoms with Gasteiger partial charge in [-0.05, 0) is 5.56 Å². The molecule has 0 radical (unpaired) electrons. The van der Waals surface area contributed by atoms with Gasteiger partial charge in [-0.2, -0.15) is 0 Å². The molecule has 0 aromatic heterocycles. The van der Waals surface area contributed by atoms with Crippen LogP contribution < -0.4 is 11.5 Å². The highest BCUT2D eigenvalue weighted by Crippen LogP contribution is 2.13. The van der Waals surface area contributed by atoms with Crippen LogP contribution in [0, 0.1) is 0 Å². The van der Waals surface area contributed by atoms with Gasteiger partial charge in [-0.25, -0.2) is 0 Å². The Morgan fingerprint density at radius 3 is 2.46 bits per heavy atom. The molecule has 13 heavy (non-hydrogen) atoms. The van der Waals surface area contributed by atoms with Crippen molar-refractivity contribution < 1.29 is 0 Å². The maximum Gasteiger partial charge on any atom is 0.185 e. The van der Waals surface area contributed by atoms with Gasteiger partial charge in [-0.15, -0.1) is 0 Å². The molecule has 1 atom stereocenters. The van der Waals surface area contributed by atoms with Gasteiger partial charge in [-0.3, -0.25) is 4.99 Å². The normalized spacial score (nSPS) is 12.1. The third-order valence-electron chi connectivity index (χ3n) is 1.92. The number of nitrogens with zero attached hydrogens (tertiary/aromatic N) is 1. The molecular weight excluding hydrogens is 162 g/mol. The molecule has 0 fully saturated rings. The molecule has 4 N–H and O–H groups in total. The van der Waals surface area contributed by atoms with Crippen molar-refractivity contribution in [2.75, 3.05) is 6.54 Å². The number of aliphatic imine (C=N–C) groups is 1. The Bertz CT molecular complexity index is 275. The summed E-state index contributed by atoms with van der Waals surface area (Å²) in [5, 5.41) is 0. The Hall–Kier alpha value is -1.51. The number of guanidine groups is 1. The van der Waals surface area contributed by atoms with E-state index in [1.165, 1.54) is 5.56 Å². The van der Waals surface area contributed by atoms with Crippen LogP contribution in [0.25, 0.3) is 0 Å². The maximum atomic E-state index is 5.25. The van der Waals surface area contributed by atoms with Gasteiger partial charge >= 0.3 is 0 Å². The largest absolute Gasteiger partial charge is 0.370 e. The molecule has 0 spiro atoms. The van der Waals surface area contributed by atoms with E-state index < -0.39 is 0 Å². The predicted octanol–water partition coefficient (Wildman–Crippen LogP) is 1.06. The monoisotopic (exact) mass is 177 g/mol. The van der Waals surface area contributed by atoms with E-state index in [4.69, 9.17) is 11.5 Å². The van der Waals surface area contributed by atoms with Gasteiger partial charge in [0.1, 0.15) is 0 Å². The molecule has 0 aliphatic rings. The van der Waals surface area contributed by atoms with Crippen LogP contribution in [-0.4, -0.2) is 12.5 Å². The maximum absolute atomic E-state index is 5.25.